The second-order valence-corrected chi connectivity index (χ2v) is 6.99. The van der Waals surface area contributed by atoms with E-state index in [9.17, 15) is 0 Å². The Kier molecular flexibility index (Phi) is 5.58. The monoisotopic (exact) mass is 211 g/mol. The van der Waals surface area contributed by atoms with Gasteiger partial charge in [-0.05, 0) is 24.3 Å². The second kappa shape index (κ2) is 5.69. The highest BCUT2D eigenvalue weighted by molar-refractivity contribution is 4.88. The number of hydrogen-bond donors (Lipinski definition) is 0. The molecule has 90 valence electrons. The normalized spacial score (nSPS) is 14.1. The van der Waals surface area contributed by atoms with E-state index < -0.39 is 0 Å². The van der Waals surface area contributed by atoms with E-state index in [1.165, 1.54) is 0 Å². The van der Waals surface area contributed by atoms with Crippen molar-refractivity contribution in [1.82, 2.24) is 4.90 Å². The molecule has 0 atom stereocenters. The number of nitrogens with zero attached hydrogens (tertiary/aromatic N) is 1. The van der Waals surface area contributed by atoms with Gasteiger partial charge in [0.2, 0.25) is 0 Å². The third kappa shape index (κ3) is 11.6. The molecule has 0 spiro atoms. The fourth-order valence-corrected chi connectivity index (χ4v) is 1.57. The molecule has 0 unspecified atom stereocenters. The van der Waals surface area contributed by atoms with Crippen LogP contribution in [0.15, 0.2) is 12.2 Å². The van der Waals surface area contributed by atoms with Gasteiger partial charge in [0.1, 0.15) is 0 Å². The van der Waals surface area contributed by atoms with E-state index in [-0.39, 0.29) is 0 Å². The largest absolute Gasteiger partial charge is 0.302 e. The Morgan fingerprint density at radius 3 is 1.80 bits per heavy atom. The highest BCUT2D eigenvalue weighted by Gasteiger charge is 2.12. The predicted octanol–water partition coefficient (Wildman–Crippen LogP) is 3.96. The lowest BCUT2D eigenvalue weighted by atomic mass is 9.92. The van der Waals surface area contributed by atoms with Gasteiger partial charge in [-0.3, -0.25) is 0 Å². The van der Waals surface area contributed by atoms with E-state index in [0.29, 0.717) is 10.8 Å². The van der Waals surface area contributed by atoms with E-state index >= 15 is 0 Å². The zero-order valence-electron chi connectivity index (χ0n) is 11.7. The fourth-order valence-electron chi connectivity index (χ4n) is 1.57. The van der Waals surface area contributed by atoms with Gasteiger partial charge in [-0.25, -0.2) is 0 Å². The molecule has 0 amide bonds. The van der Waals surface area contributed by atoms with Gasteiger partial charge in [0, 0.05) is 13.1 Å². The molecule has 0 saturated carbocycles. The van der Waals surface area contributed by atoms with Gasteiger partial charge in [-0.1, -0.05) is 53.7 Å². The Balaban J connectivity index is 3.76. The van der Waals surface area contributed by atoms with Crippen molar-refractivity contribution < 1.29 is 0 Å². The Hall–Kier alpha value is -0.300. The molecule has 0 heterocycles. The molecule has 0 N–H and O–H groups in total. The van der Waals surface area contributed by atoms with Crippen molar-refractivity contribution in [3.05, 3.63) is 12.2 Å². The SMILES string of the molecule is CN(C/C=C\CC(C)(C)C)CC(C)(C)C. The molecule has 0 aromatic carbocycles. The standard InChI is InChI=1S/C14H29N/c1-13(2,3)10-8-9-11-15(7)12-14(4,5)6/h8-9H,10-12H2,1-7H3/b9-8-. The van der Waals surface area contributed by atoms with E-state index in [0.717, 1.165) is 19.5 Å². The van der Waals surface area contributed by atoms with Crippen LogP contribution < -0.4 is 0 Å². The lowest BCUT2D eigenvalue weighted by Gasteiger charge is -2.25. The third-order valence-electron chi connectivity index (χ3n) is 2.06. The molecule has 15 heavy (non-hydrogen) atoms. The summed E-state index contributed by atoms with van der Waals surface area (Å²) < 4.78 is 0. The van der Waals surface area contributed by atoms with Crippen molar-refractivity contribution in [3.8, 4) is 0 Å². The van der Waals surface area contributed by atoms with Crippen molar-refractivity contribution in [2.45, 2.75) is 48.0 Å². The first kappa shape index (κ1) is 14.7. The molecule has 0 saturated heterocycles. The summed E-state index contributed by atoms with van der Waals surface area (Å²) in [5, 5.41) is 0. The van der Waals surface area contributed by atoms with Crippen LogP contribution in [0.3, 0.4) is 0 Å². The summed E-state index contributed by atoms with van der Waals surface area (Å²) >= 11 is 0. The lowest BCUT2D eigenvalue weighted by molar-refractivity contribution is 0.244. The minimum atomic E-state index is 0.395. The second-order valence-electron chi connectivity index (χ2n) is 6.99. The molecule has 0 fully saturated rings. The zero-order chi connectivity index (χ0) is 12.1. The Bertz CT molecular complexity index is 190. The maximum atomic E-state index is 2.37. The van der Waals surface area contributed by atoms with Gasteiger partial charge in [0.05, 0.1) is 0 Å². The quantitative estimate of drug-likeness (QED) is 0.636. The van der Waals surface area contributed by atoms with Crippen LogP contribution in [0.5, 0.6) is 0 Å². The summed E-state index contributed by atoms with van der Waals surface area (Å²) in [7, 11) is 2.19. The molecule has 0 aromatic rings. The summed E-state index contributed by atoms with van der Waals surface area (Å²) in [6, 6.07) is 0. The maximum Gasteiger partial charge on any atom is 0.0160 e. The average Bonchev–Trinajstić information content (AvgIpc) is 1.92. The van der Waals surface area contributed by atoms with Crippen LogP contribution in [0.25, 0.3) is 0 Å². The molecule has 0 bridgehead atoms. The van der Waals surface area contributed by atoms with Crippen LogP contribution >= 0.6 is 0 Å². The molecule has 0 aliphatic heterocycles. The summed E-state index contributed by atoms with van der Waals surface area (Å²) in [5.41, 5.74) is 0.811. The predicted molar refractivity (Wildman–Crippen MR) is 70.2 cm³/mol. The highest BCUT2D eigenvalue weighted by Crippen LogP contribution is 2.18. The summed E-state index contributed by atoms with van der Waals surface area (Å²) in [6.45, 7) is 15.9. The fraction of sp³-hybridized carbons (Fsp3) is 0.857. The molecule has 0 aliphatic carbocycles. The summed E-state index contributed by atoms with van der Waals surface area (Å²) in [5.74, 6) is 0. The van der Waals surface area contributed by atoms with Crippen LogP contribution in [0, 0.1) is 10.8 Å². The van der Waals surface area contributed by atoms with Crippen LogP contribution in [-0.2, 0) is 0 Å². The molecule has 0 aliphatic rings. The Morgan fingerprint density at radius 1 is 0.867 bits per heavy atom. The first-order chi connectivity index (χ1) is 6.60. The van der Waals surface area contributed by atoms with E-state index in [2.05, 4.69) is 65.6 Å². The van der Waals surface area contributed by atoms with E-state index in [1.54, 1.807) is 0 Å². The van der Waals surface area contributed by atoms with Crippen LogP contribution in [0.2, 0.25) is 0 Å². The molecule has 0 radical (unpaired) electrons. The molecule has 0 rings (SSSR count). The van der Waals surface area contributed by atoms with Crippen molar-refractivity contribution in [1.29, 1.82) is 0 Å². The number of rotatable bonds is 4. The van der Waals surface area contributed by atoms with Crippen molar-refractivity contribution >= 4 is 0 Å². The zero-order valence-corrected chi connectivity index (χ0v) is 11.7. The number of likely N-dealkylation sites (N-methyl/N-ethyl adjacent to an activating group) is 1. The first-order valence-corrected chi connectivity index (χ1v) is 5.94. The van der Waals surface area contributed by atoms with Gasteiger partial charge in [-0.15, -0.1) is 0 Å². The topological polar surface area (TPSA) is 3.24 Å². The molecular weight excluding hydrogens is 182 g/mol. The number of allylic oxidation sites excluding steroid dienone is 1. The molecule has 1 nitrogen and oxygen atoms in total. The van der Waals surface area contributed by atoms with Gasteiger partial charge < -0.3 is 4.90 Å². The number of hydrogen-bond acceptors (Lipinski definition) is 1. The molecular formula is C14H29N. The van der Waals surface area contributed by atoms with E-state index in [4.69, 9.17) is 0 Å². The van der Waals surface area contributed by atoms with Crippen molar-refractivity contribution in [3.63, 3.8) is 0 Å². The van der Waals surface area contributed by atoms with Crippen LogP contribution in [-0.4, -0.2) is 25.0 Å². The van der Waals surface area contributed by atoms with Gasteiger partial charge in [0.15, 0.2) is 0 Å². The smallest absolute Gasteiger partial charge is 0.0160 e. The van der Waals surface area contributed by atoms with Crippen LogP contribution in [0.1, 0.15) is 48.0 Å². The van der Waals surface area contributed by atoms with Crippen molar-refractivity contribution in [2.75, 3.05) is 20.1 Å². The Morgan fingerprint density at radius 2 is 1.40 bits per heavy atom. The molecule has 1 heteroatoms. The Labute approximate surface area is 96.6 Å². The average molecular weight is 211 g/mol. The minimum Gasteiger partial charge on any atom is -0.302 e. The minimum absolute atomic E-state index is 0.395. The van der Waals surface area contributed by atoms with E-state index in [1.807, 2.05) is 0 Å². The highest BCUT2D eigenvalue weighted by atomic mass is 15.1. The third-order valence-corrected chi connectivity index (χ3v) is 2.06. The summed E-state index contributed by atoms with van der Waals surface area (Å²) in [4.78, 5) is 2.37. The van der Waals surface area contributed by atoms with Gasteiger partial charge in [0.25, 0.3) is 0 Å². The van der Waals surface area contributed by atoms with Crippen molar-refractivity contribution in [2.24, 2.45) is 10.8 Å². The lowest BCUT2D eigenvalue weighted by Crippen LogP contribution is -2.29. The first-order valence-electron chi connectivity index (χ1n) is 5.94. The van der Waals surface area contributed by atoms with Gasteiger partial charge >= 0.3 is 0 Å². The maximum absolute atomic E-state index is 2.37. The molecule has 0 aromatic heterocycles. The van der Waals surface area contributed by atoms with Gasteiger partial charge in [-0.2, -0.15) is 0 Å². The summed E-state index contributed by atoms with van der Waals surface area (Å²) in [6.07, 6.45) is 5.76. The van der Waals surface area contributed by atoms with Crippen LogP contribution in [0.4, 0.5) is 0 Å².